The number of methoxy groups -OCH3 is 1. The molecule has 2 aliphatic rings. The number of nitrogens with zero attached hydrogens (tertiary/aromatic N) is 1. The van der Waals surface area contributed by atoms with Crippen molar-refractivity contribution in [3.05, 3.63) is 29.8 Å². The molecular weight excluding hydrogens is 230 g/mol. The van der Waals surface area contributed by atoms with E-state index in [2.05, 4.69) is 15.6 Å². The van der Waals surface area contributed by atoms with Crippen molar-refractivity contribution in [2.45, 2.75) is 12.1 Å². The standard InChI is InChI=1S/C13H15N3O2/c1-18-10-5-3-2-4-9(10)11-12(17)16-13(15-11)6-7-14-8-13/h2-5,14H,6-8H2,1H3,(H,16,17). The largest absolute Gasteiger partial charge is 0.496 e. The number of para-hydroxylation sites is 1. The number of amides is 1. The number of carbonyl (C=O) groups excluding carboxylic acids is 1. The van der Waals surface area contributed by atoms with Gasteiger partial charge in [0.1, 0.15) is 17.1 Å². The molecule has 1 spiro atoms. The summed E-state index contributed by atoms with van der Waals surface area (Å²) in [7, 11) is 1.60. The molecule has 0 aliphatic carbocycles. The van der Waals surface area contributed by atoms with Gasteiger partial charge < -0.3 is 15.4 Å². The Morgan fingerprint density at radius 3 is 2.94 bits per heavy atom. The Balaban J connectivity index is 2.03. The number of hydrogen-bond donors (Lipinski definition) is 2. The quantitative estimate of drug-likeness (QED) is 0.788. The Kier molecular flexibility index (Phi) is 2.56. The first-order chi connectivity index (χ1) is 8.74. The minimum atomic E-state index is -0.451. The first-order valence-electron chi connectivity index (χ1n) is 6.01. The number of carbonyl (C=O) groups is 1. The van der Waals surface area contributed by atoms with Crippen molar-refractivity contribution in [1.82, 2.24) is 10.6 Å². The average molecular weight is 245 g/mol. The fourth-order valence-electron chi connectivity index (χ4n) is 2.47. The molecule has 2 N–H and O–H groups in total. The van der Waals surface area contributed by atoms with E-state index in [1.165, 1.54) is 0 Å². The molecule has 1 aromatic carbocycles. The van der Waals surface area contributed by atoms with Crippen LogP contribution in [0.4, 0.5) is 0 Å². The Bertz CT molecular complexity index is 519. The zero-order valence-corrected chi connectivity index (χ0v) is 10.2. The predicted octanol–water partition coefficient (Wildman–Crippen LogP) is 0.304. The van der Waals surface area contributed by atoms with Gasteiger partial charge in [-0.3, -0.25) is 4.79 Å². The molecule has 2 aliphatic heterocycles. The number of hydrogen-bond acceptors (Lipinski definition) is 4. The predicted molar refractivity (Wildman–Crippen MR) is 67.9 cm³/mol. The Hall–Kier alpha value is -1.88. The summed E-state index contributed by atoms with van der Waals surface area (Å²) >= 11 is 0. The van der Waals surface area contributed by atoms with Crippen molar-refractivity contribution in [1.29, 1.82) is 0 Å². The van der Waals surface area contributed by atoms with Gasteiger partial charge in [0.05, 0.1) is 7.11 Å². The molecule has 3 rings (SSSR count). The van der Waals surface area contributed by atoms with E-state index in [-0.39, 0.29) is 5.91 Å². The van der Waals surface area contributed by atoms with Gasteiger partial charge in [-0.2, -0.15) is 0 Å². The summed E-state index contributed by atoms with van der Waals surface area (Å²) in [6.45, 7) is 1.57. The maximum Gasteiger partial charge on any atom is 0.272 e. The number of ether oxygens (including phenoxy) is 1. The molecule has 0 bridgehead atoms. The fraction of sp³-hybridized carbons (Fsp3) is 0.385. The van der Waals surface area contributed by atoms with E-state index in [4.69, 9.17) is 4.74 Å². The van der Waals surface area contributed by atoms with Crippen molar-refractivity contribution >= 4 is 11.6 Å². The molecule has 2 heterocycles. The van der Waals surface area contributed by atoms with Crippen LogP contribution < -0.4 is 15.4 Å². The Labute approximate surface area is 105 Å². The van der Waals surface area contributed by atoms with Crippen molar-refractivity contribution in [2.24, 2.45) is 4.99 Å². The van der Waals surface area contributed by atoms with Gasteiger partial charge >= 0.3 is 0 Å². The average Bonchev–Trinajstić information content (AvgIpc) is 2.97. The molecular formula is C13H15N3O2. The highest BCUT2D eigenvalue weighted by Crippen LogP contribution is 2.26. The summed E-state index contributed by atoms with van der Waals surface area (Å²) in [5.74, 6) is 0.553. The molecule has 1 atom stereocenters. The second-order valence-corrected chi connectivity index (χ2v) is 4.57. The molecule has 5 heteroatoms. The molecule has 0 radical (unpaired) electrons. The van der Waals surface area contributed by atoms with E-state index in [1.54, 1.807) is 7.11 Å². The molecule has 94 valence electrons. The SMILES string of the molecule is COc1ccccc1C1=NC2(CCNC2)NC1=O. The van der Waals surface area contributed by atoms with Crippen LogP contribution in [0.3, 0.4) is 0 Å². The third-order valence-corrected chi connectivity index (χ3v) is 3.38. The van der Waals surface area contributed by atoms with Gasteiger partial charge in [-0.05, 0) is 18.7 Å². The third-order valence-electron chi connectivity index (χ3n) is 3.38. The van der Waals surface area contributed by atoms with Crippen molar-refractivity contribution in [2.75, 3.05) is 20.2 Å². The van der Waals surface area contributed by atoms with Crippen LogP contribution in [-0.4, -0.2) is 37.5 Å². The fourth-order valence-corrected chi connectivity index (χ4v) is 2.47. The lowest BCUT2D eigenvalue weighted by molar-refractivity contribution is -0.115. The van der Waals surface area contributed by atoms with Gasteiger partial charge in [0, 0.05) is 18.5 Å². The van der Waals surface area contributed by atoms with Crippen LogP contribution >= 0.6 is 0 Å². The summed E-state index contributed by atoms with van der Waals surface area (Å²) in [6.07, 6.45) is 0.831. The van der Waals surface area contributed by atoms with E-state index in [0.29, 0.717) is 18.0 Å². The van der Waals surface area contributed by atoms with Crippen molar-refractivity contribution < 1.29 is 9.53 Å². The van der Waals surface area contributed by atoms with Crippen molar-refractivity contribution in [3.8, 4) is 5.75 Å². The van der Waals surface area contributed by atoms with Crippen molar-refractivity contribution in [3.63, 3.8) is 0 Å². The van der Waals surface area contributed by atoms with Crippen LogP contribution in [0.1, 0.15) is 12.0 Å². The van der Waals surface area contributed by atoms with Gasteiger partial charge in [0.15, 0.2) is 0 Å². The van der Waals surface area contributed by atoms with E-state index in [9.17, 15) is 4.79 Å². The molecule has 0 saturated carbocycles. The topological polar surface area (TPSA) is 62.7 Å². The van der Waals surface area contributed by atoms with Gasteiger partial charge in [-0.1, -0.05) is 12.1 Å². The molecule has 1 aromatic rings. The number of aliphatic imine (C=N–C) groups is 1. The Morgan fingerprint density at radius 2 is 2.22 bits per heavy atom. The molecule has 18 heavy (non-hydrogen) atoms. The molecule has 0 aromatic heterocycles. The summed E-state index contributed by atoms with van der Waals surface area (Å²) in [5, 5.41) is 6.19. The van der Waals surface area contributed by atoms with Crippen LogP contribution in [-0.2, 0) is 4.79 Å². The lowest BCUT2D eigenvalue weighted by Gasteiger charge is -2.17. The normalized spacial score (nSPS) is 26.3. The molecule has 5 nitrogen and oxygen atoms in total. The minimum Gasteiger partial charge on any atom is -0.496 e. The van der Waals surface area contributed by atoms with Crippen LogP contribution in [0.2, 0.25) is 0 Å². The second-order valence-electron chi connectivity index (χ2n) is 4.57. The summed E-state index contributed by atoms with van der Waals surface area (Å²) in [5.41, 5.74) is 0.769. The zero-order valence-electron chi connectivity index (χ0n) is 10.2. The maximum absolute atomic E-state index is 12.1. The Morgan fingerprint density at radius 1 is 1.39 bits per heavy atom. The van der Waals surface area contributed by atoms with Crippen LogP contribution in [0.5, 0.6) is 5.75 Å². The van der Waals surface area contributed by atoms with Gasteiger partial charge in [0.25, 0.3) is 5.91 Å². The monoisotopic (exact) mass is 245 g/mol. The first kappa shape index (κ1) is 11.2. The molecule has 1 fully saturated rings. The van der Waals surface area contributed by atoms with E-state index in [1.807, 2.05) is 24.3 Å². The van der Waals surface area contributed by atoms with Gasteiger partial charge in [-0.25, -0.2) is 4.99 Å². The van der Waals surface area contributed by atoms with Crippen LogP contribution in [0, 0.1) is 0 Å². The smallest absolute Gasteiger partial charge is 0.272 e. The molecule has 1 amide bonds. The second kappa shape index (κ2) is 4.10. The zero-order chi connectivity index (χ0) is 12.6. The lowest BCUT2D eigenvalue weighted by Crippen LogP contribution is -2.44. The van der Waals surface area contributed by atoms with Gasteiger partial charge in [-0.15, -0.1) is 0 Å². The van der Waals surface area contributed by atoms with Crippen LogP contribution in [0.25, 0.3) is 0 Å². The third kappa shape index (κ3) is 1.67. The van der Waals surface area contributed by atoms with E-state index < -0.39 is 5.66 Å². The first-order valence-corrected chi connectivity index (χ1v) is 6.01. The minimum absolute atomic E-state index is 0.122. The highest BCUT2D eigenvalue weighted by Gasteiger charge is 2.42. The summed E-state index contributed by atoms with van der Waals surface area (Å²) in [4.78, 5) is 16.7. The lowest BCUT2D eigenvalue weighted by atomic mass is 10.1. The van der Waals surface area contributed by atoms with E-state index in [0.717, 1.165) is 18.5 Å². The van der Waals surface area contributed by atoms with E-state index >= 15 is 0 Å². The highest BCUT2D eigenvalue weighted by molar-refractivity contribution is 6.47. The van der Waals surface area contributed by atoms with Crippen LogP contribution in [0.15, 0.2) is 29.3 Å². The maximum atomic E-state index is 12.1. The number of nitrogens with one attached hydrogen (secondary N) is 2. The number of rotatable bonds is 2. The number of benzene rings is 1. The molecule has 1 saturated heterocycles. The summed E-state index contributed by atoms with van der Waals surface area (Å²) in [6, 6.07) is 7.45. The summed E-state index contributed by atoms with van der Waals surface area (Å²) < 4.78 is 5.28. The van der Waals surface area contributed by atoms with Gasteiger partial charge in [0.2, 0.25) is 0 Å². The molecule has 1 unspecified atom stereocenters. The highest BCUT2D eigenvalue weighted by atomic mass is 16.5.